The molecule has 0 saturated carbocycles. The quantitative estimate of drug-likeness (QED) is 0.485. The smallest absolute Gasteiger partial charge is 0.293 e. The van der Waals surface area contributed by atoms with E-state index in [-0.39, 0.29) is 9.26 Å². The molecule has 1 heterocycles. The highest BCUT2D eigenvalue weighted by molar-refractivity contribution is 14.1. The van der Waals surface area contributed by atoms with Crippen LogP contribution in [0.15, 0.2) is 12.1 Å². The maximum atomic E-state index is 13.7. The largest absolute Gasteiger partial charge is 0.366 e. The van der Waals surface area contributed by atoms with Gasteiger partial charge in [-0.25, -0.2) is 4.39 Å². The number of anilines is 1. The summed E-state index contributed by atoms with van der Waals surface area (Å²) in [5.41, 5.74) is 5.94. The third-order valence-electron chi connectivity index (χ3n) is 3.65. The Morgan fingerprint density at radius 2 is 2.30 bits per heavy atom. The number of rotatable bonds is 4. The average molecular weight is 393 g/mol. The van der Waals surface area contributed by atoms with E-state index in [1.807, 2.05) is 4.90 Å². The Bertz CT molecular complexity index is 511. The highest BCUT2D eigenvalue weighted by atomic mass is 127. The Morgan fingerprint density at radius 3 is 2.95 bits per heavy atom. The summed E-state index contributed by atoms with van der Waals surface area (Å²) in [6.07, 6.45) is 2.93. The van der Waals surface area contributed by atoms with Crippen LogP contribution in [0.5, 0.6) is 0 Å². The normalized spacial score (nSPS) is 19.1. The summed E-state index contributed by atoms with van der Waals surface area (Å²) in [7, 11) is 0. The average Bonchev–Trinajstić information content (AvgIpc) is 2.42. The third kappa shape index (κ3) is 3.38. The Labute approximate surface area is 130 Å². The summed E-state index contributed by atoms with van der Waals surface area (Å²) in [6, 6.07) is 2.59. The van der Waals surface area contributed by atoms with E-state index in [9.17, 15) is 14.5 Å². The Hall–Kier alpha value is -0.960. The highest BCUT2D eigenvalue weighted by Gasteiger charge is 2.26. The fraction of sp³-hybridized carbons (Fsp3) is 0.538. The summed E-state index contributed by atoms with van der Waals surface area (Å²) >= 11 is 1.77. The molecule has 0 spiro atoms. The zero-order valence-corrected chi connectivity index (χ0v) is 13.2. The number of nitrogens with zero attached hydrogens (tertiary/aromatic N) is 2. The second kappa shape index (κ2) is 6.66. The van der Waals surface area contributed by atoms with Gasteiger partial charge >= 0.3 is 0 Å². The first-order valence-corrected chi connectivity index (χ1v) is 7.69. The number of nitrogens with two attached hydrogens (primary N) is 1. The lowest BCUT2D eigenvalue weighted by molar-refractivity contribution is -0.384. The first-order valence-electron chi connectivity index (χ1n) is 6.61. The standard InChI is InChI=1S/C13H17FIN3O2/c14-10-6-12(13(18(19)20)7-11(10)15)17-5-1-2-9(8-17)3-4-16/h6-7,9H,1-5,8,16H2. The molecule has 1 atom stereocenters. The van der Waals surface area contributed by atoms with E-state index in [4.69, 9.17) is 5.73 Å². The molecule has 1 aromatic carbocycles. The molecule has 1 aliphatic rings. The molecule has 0 radical (unpaired) electrons. The van der Waals surface area contributed by atoms with Crippen LogP contribution < -0.4 is 10.6 Å². The lowest BCUT2D eigenvalue weighted by Crippen LogP contribution is -2.36. The van der Waals surface area contributed by atoms with E-state index >= 15 is 0 Å². The van der Waals surface area contributed by atoms with Crippen molar-refractivity contribution in [2.45, 2.75) is 19.3 Å². The molecule has 7 heteroatoms. The molecule has 110 valence electrons. The molecule has 2 rings (SSSR count). The van der Waals surface area contributed by atoms with E-state index in [0.717, 1.165) is 25.8 Å². The van der Waals surface area contributed by atoms with Gasteiger partial charge < -0.3 is 10.6 Å². The van der Waals surface area contributed by atoms with E-state index in [0.29, 0.717) is 24.7 Å². The van der Waals surface area contributed by atoms with Gasteiger partial charge in [0.1, 0.15) is 11.5 Å². The van der Waals surface area contributed by atoms with Crippen LogP contribution >= 0.6 is 22.6 Å². The monoisotopic (exact) mass is 393 g/mol. The number of nitro benzene ring substituents is 1. The minimum absolute atomic E-state index is 0.0239. The van der Waals surface area contributed by atoms with Gasteiger partial charge in [-0.3, -0.25) is 10.1 Å². The van der Waals surface area contributed by atoms with Crippen LogP contribution in [-0.4, -0.2) is 24.6 Å². The molecule has 1 fully saturated rings. The molecular formula is C13H17FIN3O2. The van der Waals surface area contributed by atoms with Crippen LogP contribution in [0.3, 0.4) is 0 Å². The van der Waals surface area contributed by atoms with Gasteiger partial charge in [-0.15, -0.1) is 0 Å². The molecule has 2 N–H and O–H groups in total. The lowest BCUT2D eigenvalue weighted by Gasteiger charge is -2.34. The highest BCUT2D eigenvalue weighted by Crippen LogP contribution is 2.34. The van der Waals surface area contributed by atoms with Gasteiger partial charge in [-0.05, 0) is 54.3 Å². The van der Waals surface area contributed by atoms with Crippen molar-refractivity contribution in [3.05, 3.63) is 31.6 Å². The summed E-state index contributed by atoms with van der Waals surface area (Å²) in [6.45, 7) is 2.04. The second-order valence-electron chi connectivity index (χ2n) is 5.04. The van der Waals surface area contributed by atoms with E-state index < -0.39 is 10.7 Å². The van der Waals surface area contributed by atoms with Crippen molar-refractivity contribution in [1.82, 2.24) is 0 Å². The third-order valence-corrected chi connectivity index (χ3v) is 4.48. The van der Waals surface area contributed by atoms with Gasteiger partial charge in [-0.2, -0.15) is 0 Å². The SMILES string of the molecule is NCCC1CCCN(c2cc(F)c(I)cc2[N+](=O)[O-])C1. The number of hydrogen-bond acceptors (Lipinski definition) is 4. The van der Waals surface area contributed by atoms with Crippen LogP contribution in [0.2, 0.25) is 0 Å². The molecule has 1 aromatic rings. The van der Waals surface area contributed by atoms with Crippen molar-refractivity contribution in [1.29, 1.82) is 0 Å². The number of piperidine rings is 1. The number of halogens is 2. The first kappa shape index (κ1) is 15.4. The number of nitro groups is 1. The van der Waals surface area contributed by atoms with Crippen molar-refractivity contribution in [3.63, 3.8) is 0 Å². The zero-order valence-electron chi connectivity index (χ0n) is 11.0. The summed E-state index contributed by atoms with van der Waals surface area (Å²) in [4.78, 5) is 12.6. The summed E-state index contributed by atoms with van der Waals surface area (Å²) < 4.78 is 14.0. The maximum Gasteiger partial charge on any atom is 0.293 e. The van der Waals surface area contributed by atoms with Crippen molar-refractivity contribution in [2.75, 3.05) is 24.5 Å². The summed E-state index contributed by atoms with van der Waals surface area (Å²) in [5.74, 6) is 0.0165. The van der Waals surface area contributed by atoms with Crippen LogP contribution in [-0.2, 0) is 0 Å². The Balaban J connectivity index is 2.31. The minimum atomic E-state index is -0.441. The number of hydrogen-bond donors (Lipinski definition) is 1. The van der Waals surface area contributed by atoms with Crippen molar-refractivity contribution in [3.8, 4) is 0 Å². The molecule has 0 aromatic heterocycles. The topological polar surface area (TPSA) is 72.4 Å². The first-order chi connectivity index (χ1) is 9.52. The molecule has 5 nitrogen and oxygen atoms in total. The van der Waals surface area contributed by atoms with Crippen LogP contribution in [0.4, 0.5) is 15.8 Å². The molecule has 1 unspecified atom stereocenters. The fourth-order valence-corrected chi connectivity index (χ4v) is 3.13. The van der Waals surface area contributed by atoms with Gasteiger partial charge in [0, 0.05) is 25.2 Å². The van der Waals surface area contributed by atoms with E-state index in [1.54, 1.807) is 22.6 Å². The molecule has 0 amide bonds. The van der Waals surface area contributed by atoms with Gasteiger partial charge in [0.15, 0.2) is 0 Å². The summed E-state index contributed by atoms with van der Waals surface area (Å²) in [5, 5.41) is 11.2. The predicted molar refractivity (Wildman–Crippen MR) is 84.4 cm³/mol. The second-order valence-corrected chi connectivity index (χ2v) is 6.21. The molecule has 1 saturated heterocycles. The van der Waals surface area contributed by atoms with Crippen LogP contribution in [0.1, 0.15) is 19.3 Å². The van der Waals surface area contributed by atoms with Crippen molar-refractivity contribution < 1.29 is 9.31 Å². The fourth-order valence-electron chi connectivity index (χ4n) is 2.68. The maximum absolute atomic E-state index is 13.7. The molecule has 0 bridgehead atoms. The van der Waals surface area contributed by atoms with Crippen LogP contribution in [0, 0.1) is 25.4 Å². The van der Waals surface area contributed by atoms with Crippen LogP contribution in [0.25, 0.3) is 0 Å². The van der Waals surface area contributed by atoms with Gasteiger partial charge in [0.2, 0.25) is 0 Å². The van der Waals surface area contributed by atoms with E-state index in [2.05, 4.69) is 0 Å². The lowest BCUT2D eigenvalue weighted by atomic mass is 9.94. The number of benzene rings is 1. The molecule has 0 aliphatic carbocycles. The van der Waals surface area contributed by atoms with Crippen molar-refractivity contribution >= 4 is 34.0 Å². The van der Waals surface area contributed by atoms with E-state index in [1.165, 1.54) is 12.1 Å². The molecular weight excluding hydrogens is 376 g/mol. The molecule has 1 aliphatic heterocycles. The van der Waals surface area contributed by atoms with Gasteiger partial charge in [0.05, 0.1) is 8.49 Å². The predicted octanol–water partition coefficient (Wildman–Crippen LogP) is 2.90. The van der Waals surface area contributed by atoms with Gasteiger partial charge in [0.25, 0.3) is 5.69 Å². The Morgan fingerprint density at radius 1 is 1.55 bits per heavy atom. The van der Waals surface area contributed by atoms with Crippen molar-refractivity contribution in [2.24, 2.45) is 11.7 Å². The zero-order chi connectivity index (χ0) is 14.7. The molecule has 20 heavy (non-hydrogen) atoms. The Kier molecular flexibility index (Phi) is 5.14. The van der Waals surface area contributed by atoms with Gasteiger partial charge in [-0.1, -0.05) is 0 Å². The minimum Gasteiger partial charge on any atom is -0.366 e.